The third-order valence-corrected chi connectivity index (χ3v) is 23.3. The fraction of sp³-hybridized carbons (Fsp3) is 0.769. The topological polar surface area (TPSA) is 299 Å². The first-order valence-electron chi connectivity index (χ1n) is 43.7. The van der Waals surface area contributed by atoms with Crippen molar-refractivity contribution >= 4 is 53.5 Å². The molecule has 14 atom stereocenters. The van der Waals surface area contributed by atoms with E-state index in [0.717, 1.165) is 49.0 Å². The van der Waals surface area contributed by atoms with Crippen LogP contribution in [0.3, 0.4) is 0 Å². The number of hydrogen-bond acceptors (Lipinski definition) is 22. The first-order valence-corrected chi connectivity index (χ1v) is 43.7. The Balaban J connectivity index is 1.27. The monoisotopic (exact) mass is 1600 g/mol. The molecule has 23 nitrogen and oxygen atoms in total. The summed E-state index contributed by atoms with van der Waals surface area (Å²) in [6.07, 6.45) is 30.4. The van der Waals surface area contributed by atoms with Gasteiger partial charge in [0.1, 0.15) is 55.7 Å². The number of carbonyl (C=O) groups is 9. The van der Waals surface area contributed by atoms with E-state index in [9.17, 15) is 48.6 Å². The van der Waals surface area contributed by atoms with Crippen LogP contribution < -0.4 is 4.74 Å². The molecule has 23 heteroatoms. The fourth-order valence-electron chi connectivity index (χ4n) is 16.4. The molecule has 0 aromatic heterocycles. The smallest absolute Gasteiger partial charge is 0.462 e. The average molecular weight is 1610 g/mol. The molecule has 3 aliphatic heterocycles. The first-order chi connectivity index (χ1) is 54.9. The summed E-state index contributed by atoms with van der Waals surface area (Å²) in [4.78, 5) is 127. The number of aliphatic hydroxyl groups is 2. The van der Waals surface area contributed by atoms with Crippen LogP contribution in [0.5, 0.6) is 5.75 Å². The number of cyclic esters (lactones) is 1. The van der Waals surface area contributed by atoms with E-state index in [4.69, 9.17) is 52.1 Å². The normalized spacial score (nSPS) is 26.1. The Morgan fingerprint density at radius 2 is 1.15 bits per heavy atom. The number of amides is 1. The molecule has 4 aliphatic rings. The van der Waals surface area contributed by atoms with Gasteiger partial charge in [-0.25, -0.2) is 9.59 Å². The summed E-state index contributed by atoms with van der Waals surface area (Å²) in [5, 5.41) is 23.1. The minimum Gasteiger partial charge on any atom is -0.462 e. The molecule has 5 rings (SSSR count). The number of esters is 5. The number of piperidine rings is 1. The maximum Gasteiger partial charge on any atom is 0.508 e. The molecule has 3 heterocycles. The Morgan fingerprint density at radius 3 is 1.68 bits per heavy atom. The molecule has 1 amide bonds. The van der Waals surface area contributed by atoms with Crippen molar-refractivity contribution in [2.45, 2.75) is 379 Å². The number of unbranched alkanes of at least 4 members (excludes halogenated alkanes) is 24. The number of Topliss-reactive ketones (excluding diaryl/α,β-unsaturated/α-hetero) is 2. The van der Waals surface area contributed by atoms with Crippen LogP contribution in [0.1, 0.15) is 317 Å². The summed E-state index contributed by atoms with van der Waals surface area (Å²) in [5.41, 5.74) is 1.82. The zero-order valence-electron chi connectivity index (χ0n) is 71.2. The highest BCUT2D eigenvalue weighted by molar-refractivity contribution is 6.39. The lowest BCUT2D eigenvalue weighted by Gasteiger charge is -2.47. The van der Waals surface area contributed by atoms with Gasteiger partial charge in [0.15, 0.2) is 6.10 Å². The molecule has 1 saturated carbocycles. The van der Waals surface area contributed by atoms with Crippen molar-refractivity contribution in [3.63, 3.8) is 0 Å². The predicted octanol–water partition coefficient (Wildman–Crippen LogP) is 17.6. The highest BCUT2D eigenvalue weighted by Crippen LogP contribution is 2.40. The van der Waals surface area contributed by atoms with Gasteiger partial charge in [-0.05, 0) is 126 Å². The van der Waals surface area contributed by atoms with E-state index < -0.39 is 133 Å². The first kappa shape index (κ1) is 98.2. The number of ketones is 2. The molecule has 114 heavy (non-hydrogen) atoms. The van der Waals surface area contributed by atoms with E-state index in [1.807, 2.05) is 26.0 Å². The van der Waals surface area contributed by atoms with Gasteiger partial charge < -0.3 is 67.2 Å². The third-order valence-electron chi connectivity index (χ3n) is 23.3. The van der Waals surface area contributed by atoms with E-state index in [-0.39, 0.29) is 94.7 Å². The molecule has 0 spiro atoms. The van der Waals surface area contributed by atoms with Crippen molar-refractivity contribution in [1.82, 2.24) is 4.90 Å². The maximum absolute atomic E-state index is 15.1. The summed E-state index contributed by atoms with van der Waals surface area (Å²) >= 11 is 0. The third kappa shape index (κ3) is 35.8. The van der Waals surface area contributed by atoms with E-state index in [1.54, 1.807) is 39.0 Å². The summed E-state index contributed by atoms with van der Waals surface area (Å²) in [5.74, 6) is -11.4. The summed E-state index contributed by atoms with van der Waals surface area (Å²) in [6, 6.07) is 4.76. The standard InChI is InChI=1S/C91H145NO22/c1-12-15-17-19-21-23-25-27-29-31-33-35-37-43-81(95)107-62-73(63-108-82(96)44-38-36-34-32-30-28-26-24-22-20-18-16-13-2)111-84(98)52-51-83(97)110-72-48-45-69(46-49-72)61-109-90(102)112-77-60-76(94)71(41-14-3)55-64(4)54-65(5)56-79(105-10)86-80(106-11)58-67(7)91(103,114-86)87(99)88(100)92-53-40-39-42-74(92)89(101)113-85(68(77)8)66(6)57-70-47-50-75(93)78(59-70)104-9/h14,45-46,48-49,55,57,65,67-68,70-71,73-75,77-80,85-86,93,103H,3,12-13,15-44,47,50-54,56,58-63H2,1-2,4-11H3/b64-55+,66-57+/t65-,67+,68+,70?,71+,74-,75+,77-,78+,79-,80-,85+,86+,91+/m0/s1. The molecule has 3 fully saturated rings. The zero-order valence-corrected chi connectivity index (χ0v) is 71.2. The number of fused-ring (bicyclic) bond motifs is 3. The van der Waals surface area contributed by atoms with Gasteiger partial charge >= 0.3 is 36.0 Å². The van der Waals surface area contributed by atoms with Gasteiger partial charge in [0.05, 0.1) is 37.3 Å². The lowest BCUT2D eigenvalue weighted by Crippen LogP contribution is -2.64. The number of allylic oxidation sites excluding steroid dienone is 4. The Labute approximate surface area is 681 Å². The lowest BCUT2D eigenvalue weighted by molar-refractivity contribution is -0.302. The molecule has 1 unspecified atom stereocenters. The molecule has 2 N–H and O–H groups in total. The largest absolute Gasteiger partial charge is 0.508 e. The van der Waals surface area contributed by atoms with Crippen LogP contribution >= 0.6 is 0 Å². The summed E-state index contributed by atoms with van der Waals surface area (Å²) in [7, 11) is 4.52. The number of carbonyl (C=O) groups excluding carboxylic acids is 9. The Kier molecular flexibility index (Phi) is 47.7. The van der Waals surface area contributed by atoms with Crippen LogP contribution in [-0.4, -0.2) is 170 Å². The van der Waals surface area contributed by atoms with E-state index >= 15 is 4.79 Å². The molecule has 2 saturated heterocycles. The predicted molar refractivity (Wildman–Crippen MR) is 435 cm³/mol. The van der Waals surface area contributed by atoms with Crippen LogP contribution in [0.4, 0.5) is 4.79 Å². The number of nitrogens with zero attached hydrogens (tertiary/aromatic N) is 1. The van der Waals surface area contributed by atoms with Gasteiger partial charge in [-0.3, -0.25) is 33.6 Å². The number of rotatable bonds is 47. The highest BCUT2D eigenvalue weighted by atomic mass is 16.7. The lowest BCUT2D eigenvalue weighted by atomic mass is 9.81. The Bertz CT molecular complexity index is 3050. The molecule has 1 aliphatic carbocycles. The average Bonchev–Trinajstić information content (AvgIpc) is 0.770. The number of hydrogen-bond donors (Lipinski definition) is 2. The van der Waals surface area contributed by atoms with Crippen LogP contribution in [0.2, 0.25) is 0 Å². The summed E-state index contributed by atoms with van der Waals surface area (Å²) < 4.78 is 64.8. The SMILES string of the molecule is C=CC[C@@H]1/C=C(\C)C[C@H](C)C[C@H](OC)[C@H]2O[C@@](O)(C(=O)C(=O)N3CCCC[C@H]3C(=O)O[C@H](/C(C)=C/C3CC[C@@H](O)[C@H](OC)C3)[C@H](C)[C@@H](OC(=O)OCc3ccc(OC(=O)CCC(=O)OC(COC(=O)CCCCCCCCCCCCCCC)COC(=O)CCCCCCCCCCCCCCC)cc3)CC1=O)[C@H](C)C[C@@H]2OC. The van der Waals surface area contributed by atoms with E-state index in [2.05, 4.69) is 20.4 Å². The molecular weight excluding hydrogens is 1460 g/mol. The molecule has 646 valence electrons. The van der Waals surface area contributed by atoms with Crippen molar-refractivity contribution in [2.24, 2.45) is 29.6 Å². The van der Waals surface area contributed by atoms with Crippen LogP contribution in [0.15, 0.2) is 60.2 Å². The number of ether oxygens (including phenoxy) is 11. The second-order valence-electron chi connectivity index (χ2n) is 33.0. The van der Waals surface area contributed by atoms with Gasteiger partial charge in [0.25, 0.3) is 11.7 Å². The molecule has 1 aromatic carbocycles. The van der Waals surface area contributed by atoms with Crippen LogP contribution in [-0.2, 0) is 92.3 Å². The Hall–Kier alpha value is -6.37. The second kappa shape index (κ2) is 55.3. The van der Waals surface area contributed by atoms with Crippen LogP contribution in [0, 0.1) is 29.6 Å². The minimum atomic E-state index is -2.62. The molecule has 2 bridgehead atoms. The number of benzene rings is 1. The van der Waals surface area contributed by atoms with Gasteiger partial charge in [-0.2, -0.15) is 0 Å². The maximum atomic E-state index is 15.1. The fourth-order valence-corrected chi connectivity index (χ4v) is 16.4. The van der Waals surface area contributed by atoms with Crippen molar-refractivity contribution in [2.75, 3.05) is 41.1 Å². The van der Waals surface area contributed by atoms with E-state index in [0.29, 0.717) is 68.9 Å². The van der Waals surface area contributed by atoms with Gasteiger partial charge in [-0.15, -0.1) is 6.58 Å². The minimum absolute atomic E-state index is 0.0183. The van der Waals surface area contributed by atoms with Crippen LogP contribution in [0.25, 0.3) is 0 Å². The quantitative estimate of drug-likeness (QED) is 0.0153. The summed E-state index contributed by atoms with van der Waals surface area (Å²) in [6.45, 7) is 16.4. The molecule has 1 aromatic rings. The molecule has 0 radical (unpaired) electrons. The van der Waals surface area contributed by atoms with Crippen molar-refractivity contribution in [1.29, 1.82) is 0 Å². The van der Waals surface area contributed by atoms with Gasteiger partial charge in [-0.1, -0.05) is 225 Å². The zero-order chi connectivity index (χ0) is 83.2. The van der Waals surface area contributed by atoms with Gasteiger partial charge in [0.2, 0.25) is 5.79 Å². The number of methoxy groups -OCH3 is 3. The second-order valence-corrected chi connectivity index (χ2v) is 33.0. The van der Waals surface area contributed by atoms with E-state index in [1.165, 1.54) is 149 Å². The molecular formula is C91H145NO22. The van der Waals surface area contributed by atoms with Gasteiger partial charge in [0, 0.05) is 64.9 Å². The van der Waals surface area contributed by atoms with Crippen molar-refractivity contribution < 1.29 is 105 Å². The Morgan fingerprint density at radius 1 is 0.623 bits per heavy atom. The van der Waals surface area contributed by atoms with Crippen molar-refractivity contribution in [3.8, 4) is 5.75 Å². The highest BCUT2D eigenvalue weighted by Gasteiger charge is 2.57. The number of aliphatic hydroxyl groups excluding tert-OH is 1. The van der Waals surface area contributed by atoms with Crippen molar-refractivity contribution in [3.05, 3.63) is 65.8 Å².